The van der Waals surface area contributed by atoms with Crippen LogP contribution < -0.4 is 10.2 Å². The summed E-state index contributed by atoms with van der Waals surface area (Å²) in [6, 6.07) is 20.1. The molecule has 4 aromatic rings. The third-order valence-electron chi connectivity index (χ3n) is 5.95. The predicted octanol–water partition coefficient (Wildman–Crippen LogP) is 5.05. The van der Waals surface area contributed by atoms with E-state index in [1.165, 1.54) is 24.3 Å². The molecule has 6 nitrogen and oxygen atoms in total. The summed E-state index contributed by atoms with van der Waals surface area (Å²) in [6.45, 7) is 3.85. The molecule has 34 heavy (non-hydrogen) atoms. The maximum absolute atomic E-state index is 13.7. The number of carbonyl (C=O) groups excluding carboxylic acids is 3. The highest BCUT2D eigenvalue weighted by molar-refractivity contribution is 6.39. The number of amides is 4. The number of rotatable bonds is 3. The van der Waals surface area contributed by atoms with E-state index in [-0.39, 0.29) is 11.3 Å². The normalized spacial score (nSPS) is 15.3. The lowest BCUT2D eigenvalue weighted by Gasteiger charge is -2.26. The van der Waals surface area contributed by atoms with Crippen LogP contribution >= 0.6 is 0 Å². The lowest BCUT2D eigenvalue weighted by molar-refractivity contribution is -0.122. The quantitative estimate of drug-likeness (QED) is 0.348. The molecule has 1 N–H and O–H groups in total. The highest BCUT2D eigenvalue weighted by atomic mass is 19.1. The van der Waals surface area contributed by atoms with Crippen LogP contribution in [0.1, 0.15) is 17.0 Å². The standard InChI is InChI=1S/C27H20FN3O3/c1-16-13-19(17(2)30(16)24-12-5-8-18-7-3-4-11-22(18)24)14-23-25(32)29-27(34)31(26(23)33)21-10-6-9-20(28)15-21/h3-15H,1-2H3,(H,29,32,34)/b23-14+. The lowest BCUT2D eigenvalue weighted by atomic mass is 10.1. The fourth-order valence-electron chi connectivity index (χ4n) is 4.37. The number of hydrogen-bond acceptors (Lipinski definition) is 3. The summed E-state index contributed by atoms with van der Waals surface area (Å²) in [6.07, 6.45) is 1.47. The monoisotopic (exact) mass is 453 g/mol. The number of imide groups is 2. The van der Waals surface area contributed by atoms with E-state index < -0.39 is 23.7 Å². The Hall–Kier alpha value is -4.52. The van der Waals surface area contributed by atoms with Crippen LogP contribution in [0.25, 0.3) is 22.5 Å². The van der Waals surface area contributed by atoms with Gasteiger partial charge < -0.3 is 4.57 Å². The number of barbiturate groups is 1. The van der Waals surface area contributed by atoms with E-state index >= 15 is 0 Å². The number of aryl methyl sites for hydroxylation is 1. The molecule has 1 saturated heterocycles. The first-order chi connectivity index (χ1) is 16.3. The minimum absolute atomic E-state index is 0.0436. The van der Waals surface area contributed by atoms with Gasteiger partial charge in [0.25, 0.3) is 11.8 Å². The third-order valence-corrected chi connectivity index (χ3v) is 5.95. The van der Waals surface area contributed by atoms with Crippen molar-refractivity contribution in [2.24, 2.45) is 0 Å². The van der Waals surface area contributed by atoms with E-state index in [4.69, 9.17) is 0 Å². The minimum Gasteiger partial charge on any atom is -0.317 e. The van der Waals surface area contributed by atoms with Crippen LogP contribution in [0, 0.1) is 19.7 Å². The average Bonchev–Trinajstić information content (AvgIpc) is 3.08. The molecule has 0 atom stereocenters. The largest absolute Gasteiger partial charge is 0.335 e. The van der Waals surface area contributed by atoms with Crippen LogP contribution in [0.2, 0.25) is 0 Å². The molecule has 5 rings (SSSR count). The summed E-state index contributed by atoms with van der Waals surface area (Å²) in [5.41, 5.74) is 3.23. The molecule has 0 aliphatic carbocycles. The van der Waals surface area contributed by atoms with E-state index in [2.05, 4.69) is 9.88 Å². The zero-order valence-electron chi connectivity index (χ0n) is 18.5. The van der Waals surface area contributed by atoms with Gasteiger partial charge >= 0.3 is 6.03 Å². The van der Waals surface area contributed by atoms with Crippen molar-refractivity contribution < 1.29 is 18.8 Å². The molecular weight excluding hydrogens is 433 g/mol. The Morgan fingerprint density at radius 2 is 1.62 bits per heavy atom. The smallest absolute Gasteiger partial charge is 0.317 e. The maximum atomic E-state index is 13.7. The number of hydrogen-bond donors (Lipinski definition) is 1. The van der Waals surface area contributed by atoms with Gasteiger partial charge in [-0.3, -0.25) is 14.9 Å². The Morgan fingerprint density at radius 3 is 2.41 bits per heavy atom. The third kappa shape index (κ3) is 3.47. The summed E-state index contributed by atoms with van der Waals surface area (Å²) < 4.78 is 15.8. The van der Waals surface area contributed by atoms with Gasteiger partial charge in [-0.2, -0.15) is 0 Å². The first-order valence-corrected chi connectivity index (χ1v) is 10.7. The Kier molecular flexibility index (Phi) is 5.09. The van der Waals surface area contributed by atoms with Gasteiger partial charge in [0.05, 0.1) is 11.4 Å². The van der Waals surface area contributed by atoms with Crippen molar-refractivity contribution in [2.75, 3.05) is 4.90 Å². The SMILES string of the molecule is Cc1cc(/C=C2\C(=O)NC(=O)N(c3cccc(F)c3)C2=O)c(C)n1-c1cccc2ccccc12. The van der Waals surface area contributed by atoms with Crippen LogP contribution in [-0.2, 0) is 9.59 Å². The molecule has 0 spiro atoms. The van der Waals surface area contributed by atoms with E-state index in [0.29, 0.717) is 5.56 Å². The number of benzene rings is 3. The van der Waals surface area contributed by atoms with Crippen molar-refractivity contribution in [3.63, 3.8) is 0 Å². The second-order valence-corrected chi connectivity index (χ2v) is 8.10. The molecule has 3 aromatic carbocycles. The average molecular weight is 453 g/mol. The highest BCUT2D eigenvalue weighted by Gasteiger charge is 2.37. The first kappa shape index (κ1) is 21.3. The number of nitrogens with one attached hydrogen (secondary N) is 1. The van der Waals surface area contributed by atoms with Crippen LogP contribution in [0.4, 0.5) is 14.9 Å². The molecule has 1 aromatic heterocycles. The van der Waals surface area contributed by atoms with Gasteiger partial charge in [-0.15, -0.1) is 0 Å². The van der Waals surface area contributed by atoms with Crippen molar-refractivity contribution in [3.05, 3.63) is 101 Å². The molecule has 1 aliphatic heterocycles. The zero-order valence-corrected chi connectivity index (χ0v) is 18.5. The van der Waals surface area contributed by atoms with Crippen molar-refractivity contribution in [3.8, 4) is 5.69 Å². The lowest BCUT2D eigenvalue weighted by Crippen LogP contribution is -2.54. The second-order valence-electron chi connectivity index (χ2n) is 8.10. The van der Waals surface area contributed by atoms with Crippen molar-refractivity contribution >= 4 is 40.4 Å². The van der Waals surface area contributed by atoms with Gasteiger partial charge in [-0.25, -0.2) is 14.1 Å². The van der Waals surface area contributed by atoms with E-state index in [1.54, 1.807) is 0 Å². The van der Waals surface area contributed by atoms with Crippen LogP contribution in [0.5, 0.6) is 0 Å². The molecular formula is C27H20FN3O3. The Bertz CT molecular complexity index is 1530. The molecule has 1 fully saturated rings. The number of aromatic nitrogens is 1. The number of fused-ring (bicyclic) bond motifs is 1. The summed E-state index contributed by atoms with van der Waals surface area (Å²) >= 11 is 0. The van der Waals surface area contributed by atoms with E-state index in [9.17, 15) is 18.8 Å². The Labute approximate surface area is 194 Å². The van der Waals surface area contributed by atoms with Gasteiger partial charge in [0.2, 0.25) is 0 Å². The molecule has 0 bridgehead atoms. The predicted molar refractivity (Wildman–Crippen MR) is 128 cm³/mol. The van der Waals surface area contributed by atoms with Crippen molar-refractivity contribution in [2.45, 2.75) is 13.8 Å². The van der Waals surface area contributed by atoms with Gasteiger partial charge in [-0.05, 0) is 61.2 Å². The maximum Gasteiger partial charge on any atom is 0.335 e. The summed E-state index contributed by atoms with van der Waals surface area (Å²) in [5, 5.41) is 4.34. The van der Waals surface area contributed by atoms with Gasteiger partial charge in [0.1, 0.15) is 11.4 Å². The second kappa shape index (κ2) is 8.12. The summed E-state index contributed by atoms with van der Waals surface area (Å²) in [5.74, 6) is -2.20. The number of anilines is 1. The number of carbonyl (C=O) groups is 3. The fourth-order valence-corrected chi connectivity index (χ4v) is 4.37. The summed E-state index contributed by atoms with van der Waals surface area (Å²) in [4.78, 5) is 38.9. The zero-order chi connectivity index (χ0) is 24.0. The number of nitrogens with zero attached hydrogens (tertiary/aromatic N) is 2. The molecule has 0 saturated carbocycles. The van der Waals surface area contributed by atoms with Gasteiger partial charge in [0.15, 0.2) is 0 Å². The molecule has 1 aliphatic rings. The molecule has 4 amide bonds. The first-order valence-electron chi connectivity index (χ1n) is 10.7. The number of urea groups is 1. The summed E-state index contributed by atoms with van der Waals surface area (Å²) in [7, 11) is 0. The van der Waals surface area contributed by atoms with Gasteiger partial charge in [-0.1, -0.05) is 42.5 Å². The van der Waals surface area contributed by atoms with Crippen LogP contribution in [-0.4, -0.2) is 22.4 Å². The Balaban J connectivity index is 1.60. The number of halogens is 1. The van der Waals surface area contributed by atoms with Crippen LogP contribution in [0.3, 0.4) is 0 Å². The molecule has 2 heterocycles. The highest BCUT2D eigenvalue weighted by Crippen LogP contribution is 2.29. The fraction of sp³-hybridized carbons (Fsp3) is 0.0741. The van der Waals surface area contributed by atoms with Gasteiger partial charge in [0, 0.05) is 16.8 Å². The Morgan fingerprint density at radius 1 is 0.882 bits per heavy atom. The molecule has 7 heteroatoms. The van der Waals surface area contributed by atoms with Crippen LogP contribution in [0.15, 0.2) is 78.4 Å². The van der Waals surface area contributed by atoms with E-state index in [0.717, 1.165) is 38.8 Å². The topological polar surface area (TPSA) is 71.4 Å². The molecule has 168 valence electrons. The minimum atomic E-state index is -0.918. The van der Waals surface area contributed by atoms with Crippen molar-refractivity contribution in [1.82, 2.24) is 9.88 Å². The van der Waals surface area contributed by atoms with Crippen molar-refractivity contribution in [1.29, 1.82) is 0 Å². The molecule has 0 unspecified atom stereocenters. The molecule has 0 radical (unpaired) electrons. The van der Waals surface area contributed by atoms with E-state index in [1.807, 2.05) is 62.4 Å².